The van der Waals surface area contributed by atoms with Gasteiger partial charge in [-0.2, -0.15) is 0 Å². The van der Waals surface area contributed by atoms with Crippen molar-refractivity contribution in [2.75, 3.05) is 6.61 Å². The first-order valence-electron chi connectivity index (χ1n) is 5.75. The zero-order chi connectivity index (χ0) is 13.5. The smallest absolute Gasteiger partial charge is 0.339 e. The molecule has 1 N–H and O–H groups in total. The maximum absolute atomic E-state index is 11.7. The summed E-state index contributed by atoms with van der Waals surface area (Å²) < 4.78 is 5.77. The molecule has 1 atom stereocenters. The lowest BCUT2D eigenvalue weighted by Crippen LogP contribution is -2.35. The Kier molecular flexibility index (Phi) is 6.11. The molecule has 0 spiro atoms. The first-order chi connectivity index (χ1) is 8.54. The third-order valence-electron chi connectivity index (χ3n) is 2.45. The van der Waals surface area contributed by atoms with E-state index in [0.29, 0.717) is 5.56 Å². The molecule has 0 aromatic heterocycles. The van der Waals surface area contributed by atoms with Crippen LogP contribution in [0, 0.1) is 3.57 Å². The lowest BCUT2D eigenvalue weighted by molar-refractivity contribution is -0.124. The number of amides is 1. The fraction of sp³-hybridized carbons (Fsp3) is 0.385. The van der Waals surface area contributed by atoms with Crippen LogP contribution in [-0.4, -0.2) is 24.5 Å². The summed E-state index contributed by atoms with van der Waals surface area (Å²) in [5, 5.41) is 2.73. The van der Waals surface area contributed by atoms with Crippen LogP contribution in [0.25, 0.3) is 0 Å². The average Bonchev–Trinajstić information content (AvgIpc) is 2.36. The number of benzene rings is 1. The minimum atomic E-state index is -0.473. The summed E-state index contributed by atoms with van der Waals surface area (Å²) in [5.41, 5.74) is 0.481. The van der Waals surface area contributed by atoms with Crippen LogP contribution < -0.4 is 5.32 Å². The fourth-order valence-corrected chi connectivity index (χ4v) is 1.86. The third-order valence-corrected chi connectivity index (χ3v) is 3.39. The van der Waals surface area contributed by atoms with Crippen molar-refractivity contribution >= 4 is 34.5 Å². The van der Waals surface area contributed by atoms with Crippen molar-refractivity contribution in [1.29, 1.82) is 0 Å². The molecule has 0 aliphatic rings. The highest BCUT2D eigenvalue weighted by Gasteiger charge is 2.13. The molecule has 1 amide bonds. The van der Waals surface area contributed by atoms with E-state index in [9.17, 15) is 9.59 Å². The molecule has 0 fully saturated rings. The molecule has 0 aliphatic heterocycles. The van der Waals surface area contributed by atoms with E-state index in [4.69, 9.17) is 4.74 Å². The summed E-state index contributed by atoms with van der Waals surface area (Å²) in [6.07, 6.45) is 0.844. The highest BCUT2D eigenvalue weighted by Crippen LogP contribution is 2.12. The lowest BCUT2D eigenvalue weighted by Gasteiger charge is -2.11. The van der Waals surface area contributed by atoms with Gasteiger partial charge in [0, 0.05) is 9.61 Å². The molecule has 0 saturated carbocycles. The van der Waals surface area contributed by atoms with E-state index in [1.165, 1.54) is 0 Å². The first-order valence-corrected chi connectivity index (χ1v) is 6.83. The number of hydrogen-bond acceptors (Lipinski definition) is 3. The summed E-state index contributed by atoms with van der Waals surface area (Å²) >= 11 is 2.06. The van der Waals surface area contributed by atoms with Gasteiger partial charge in [-0.3, -0.25) is 4.79 Å². The second kappa shape index (κ2) is 7.35. The van der Waals surface area contributed by atoms with Crippen LogP contribution in [-0.2, 0) is 9.53 Å². The zero-order valence-corrected chi connectivity index (χ0v) is 12.6. The Morgan fingerprint density at radius 3 is 2.67 bits per heavy atom. The van der Waals surface area contributed by atoms with Gasteiger partial charge in [0.25, 0.3) is 5.91 Å². The summed E-state index contributed by atoms with van der Waals surface area (Å²) in [4.78, 5) is 23.2. The van der Waals surface area contributed by atoms with Gasteiger partial charge in [0.2, 0.25) is 0 Å². The molecular formula is C13H16INO3. The Morgan fingerprint density at radius 1 is 1.39 bits per heavy atom. The van der Waals surface area contributed by atoms with Crippen LogP contribution in [0.5, 0.6) is 0 Å². The Labute approximate surface area is 120 Å². The number of halogens is 1. The highest BCUT2D eigenvalue weighted by molar-refractivity contribution is 14.1. The van der Waals surface area contributed by atoms with E-state index < -0.39 is 5.97 Å². The van der Waals surface area contributed by atoms with Gasteiger partial charge in [-0.1, -0.05) is 19.1 Å². The second-order valence-corrected chi connectivity index (χ2v) is 5.09. The summed E-state index contributed by atoms with van der Waals surface area (Å²) in [7, 11) is 0. The van der Waals surface area contributed by atoms with Gasteiger partial charge in [0.15, 0.2) is 6.61 Å². The molecule has 4 nitrogen and oxygen atoms in total. The number of carbonyl (C=O) groups is 2. The van der Waals surface area contributed by atoms with Gasteiger partial charge in [0.05, 0.1) is 5.56 Å². The van der Waals surface area contributed by atoms with Crippen molar-refractivity contribution in [3.63, 3.8) is 0 Å². The van der Waals surface area contributed by atoms with E-state index in [0.717, 1.165) is 9.99 Å². The van der Waals surface area contributed by atoms with Crippen LogP contribution in [0.15, 0.2) is 24.3 Å². The second-order valence-electron chi connectivity index (χ2n) is 3.93. The minimum Gasteiger partial charge on any atom is -0.452 e. The van der Waals surface area contributed by atoms with E-state index >= 15 is 0 Å². The van der Waals surface area contributed by atoms with E-state index in [-0.39, 0.29) is 18.6 Å². The van der Waals surface area contributed by atoms with Crippen LogP contribution in [0.4, 0.5) is 0 Å². The minimum absolute atomic E-state index is 0.0908. The van der Waals surface area contributed by atoms with Crippen molar-refractivity contribution in [2.45, 2.75) is 26.3 Å². The maximum atomic E-state index is 11.7. The fourth-order valence-electron chi connectivity index (χ4n) is 1.25. The van der Waals surface area contributed by atoms with Gasteiger partial charge in [-0.15, -0.1) is 0 Å². The monoisotopic (exact) mass is 361 g/mol. The van der Waals surface area contributed by atoms with Gasteiger partial charge in [-0.25, -0.2) is 4.79 Å². The average molecular weight is 361 g/mol. The predicted molar refractivity (Wildman–Crippen MR) is 77.3 cm³/mol. The Hall–Kier alpha value is -1.11. The molecule has 0 radical (unpaired) electrons. The van der Waals surface area contributed by atoms with Crippen molar-refractivity contribution in [3.8, 4) is 0 Å². The molecule has 0 bridgehead atoms. The number of carbonyl (C=O) groups excluding carboxylic acids is 2. The van der Waals surface area contributed by atoms with Crippen molar-refractivity contribution in [3.05, 3.63) is 33.4 Å². The lowest BCUT2D eigenvalue weighted by atomic mass is 10.2. The van der Waals surface area contributed by atoms with Crippen molar-refractivity contribution < 1.29 is 14.3 Å². The number of rotatable bonds is 5. The normalized spacial score (nSPS) is 11.7. The molecule has 18 heavy (non-hydrogen) atoms. The van der Waals surface area contributed by atoms with Crippen LogP contribution >= 0.6 is 22.6 Å². The van der Waals surface area contributed by atoms with E-state index in [2.05, 4.69) is 27.9 Å². The number of esters is 1. The van der Waals surface area contributed by atoms with Crippen molar-refractivity contribution in [1.82, 2.24) is 5.32 Å². The molecule has 0 unspecified atom stereocenters. The topological polar surface area (TPSA) is 55.4 Å². The molecule has 0 heterocycles. The van der Waals surface area contributed by atoms with Gasteiger partial charge in [-0.05, 0) is 48.1 Å². The molecule has 0 saturated heterocycles. The Morgan fingerprint density at radius 2 is 2.06 bits per heavy atom. The number of nitrogens with one attached hydrogen (secondary N) is 1. The van der Waals surface area contributed by atoms with Gasteiger partial charge >= 0.3 is 5.97 Å². The van der Waals surface area contributed by atoms with Crippen molar-refractivity contribution in [2.24, 2.45) is 0 Å². The molecule has 1 aromatic rings. The Bertz CT molecular complexity index is 434. The standard InChI is InChI=1S/C13H16INO3/c1-3-9(2)15-12(16)8-18-13(17)10-6-4-5-7-11(10)14/h4-7,9H,3,8H2,1-2H3,(H,15,16)/t9-/m1/s1. The molecule has 98 valence electrons. The molecular weight excluding hydrogens is 345 g/mol. The van der Waals surface area contributed by atoms with Crippen LogP contribution in [0.1, 0.15) is 30.6 Å². The molecule has 0 aliphatic carbocycles. The molecule has 1 rings (SSSR count). The summed E-state index contributed by atoms with van der Waals surface area (Å²) in [5.74, 6) is -0.747. The zero-order valence-electron chi connectivity index (χ0n) is 10.4. The highest BCUT2D eigenvalue weighted by atomic mass is 127. The number of ether oxygens (including phenoxy) is 1. The molecule has 1 aromatic carbocycles. The Balaban J connectivity index is 2.47. The van der Waals surface area contributed by atoms with Crippen LogP contribution in [0.3, 0.4) is 0 Å². The maximum Gasteiger partial charge on any atom is 0.339 e. The largest absolute Gasteiger partial charge is 0.452 e. The van der Waals surface area contributed by atoms with E-state index in [1.54, 1.807) is 12.1 Å². The number of hydrogen-bond donors (Lipinski definition) is 1. The van der Waals surface area contributed by atoms with Crippen LogP contribution in [0.2, 0.25) is 0 Å². The SMILES string of the molecule is CC[C@@H](C)NC(=O)COC(=O)c1ccccc1I. The van der Waals surface area contributed by atoms with E-state index in [1.807, 2.05) is 26.0 Å². The summed E-state index contributed by atoms with van der Waals surface area (Å²) in [6.45, 7) is 3.64. The molecule has 5 heteroatoms. The predicted octanol–water partition coefficient (Wildman–Crippen LogP) is 2.36. The summed E-state index contributed by atoms with van der Waals surface area (Å²) in [6, 6.07) is 7.19. The third kappa shape index (κ3) is 4.64. The first kappa shape index (κ1) is 14.9. The van der Waals surface area contributed by atoms with Gasteiger partial charge in [0.1, 0.15) is 0 Å². The van der Waals surface area contributed by atoms with Gasteiger partial charge < -0.3 is 10.1 Å². The quantitative estimate of drug-likeness (QED) is 0.647.